The van der Waals surface area contributed by atoms with Gasteiger partial charge >= 0.3 is 0 Å². The highest BCUT2D eigenvalue weighted by Gasteiger charge is 2.45. The predicted molar refractivity (Wildman–Crippen MR) is 107 cm³/mol. The number of ether oxygens (including phenoxy) is 2. The first kappa shape index (κ1) is 19.2. The third-order valence-corrected chi connectivity index (χ3v) is 6.14. The van der Waals surface area contributed by atoms with E-state index in [1.807, 2.05) is 53.8 Å². The molecule has 3 heterocycles. The van der Waals surface area contributed by atoms with Gasteiger partial charge in [0.05, 0.1) is 23.1 Å². The van der Waals surface area contributed by atoms with Gasteiger partial charge in [0.1, 0.15) is 0 Å². The van der Waals surface area contributed by atoms with Crippen LogP contribution >= 0.6 is 0 Å². The molecule has 28 heavy (non-hydrogen) atoms. The zero-order valence-electron chi connectivity index (χ0n) is 17.0. The number of aryl methyl sites for hydroxylation is 2. The summed E-state index contributed by atoms with van der Waals surface area (Å²) in [4.78, 5) is 14.9. The fourth-order valence-electron chi connectivity index (χ4n) is 4.61. The van der Waals surface area contributed by atoms with E-state index in [1.54, 1.807) is 7.11 Å². The second-order valence-electron chi connectivity index (χ2n) is 7.96. The molecule has 0 saturated carbocycles. The van der Waals surface area contributed by atoms with Gasteiger partial charge in [-0.25, -0.2) is 4.68 Å². The molecule has 0 unspecified atom stereocenters. The molecule has 2 aliphatic heterocycles. The van der Waals surface area contributed by atoms with Crippen LogP contribution < -0.4 is 0 Å². The van der Waals surface area contributed by atoms with Crippen LogP contribution in [-0.4, -0.2) is 59.1 Å². The van der Waals surface area contributed by atoms with Crippen molar-refractivity contribution in [3.05, 3.63) is 47.3 Å². The summed E-state index contributed by atoms with van der Waals surface area (Å²) in [6.45, 7) is 6.22. The monoisotopic (exact) mass is 383 g/mol. The van der Waals surface area contributed by atoms with E-state index in [1.165, 1.54) is 0 Å². The number of benzene rings is 1. The molecule has 1 atom stereocenters. The highest BCUT2D eigenvalue weighted by molar-refractivity contribution is 5.94. The number of carbonyl (C=O) groups is 1. The smallest absolute Gasteiger partial charge is 0.253 e. The molecule has 1 aromatic carbocycles. The van der Waals surface area contributed by atoms with E-state index in [-0.39, 0.29) is 17.6 Å². The Morgan fingerprint density at radius 2 is 1.93 bits per heavy atom. The third-order valence-electron chi connectivity index (χ3n) is 6.14. The Morgan fingerprint density at radius 3 is 2.54 bits per heavy atom. The summed E-state index contributed by atoms with van der Waals surface area (Å²) in [6.07, 6.45) is 3.89. The van der Waals surface area contributed by atoms with Crippen molar-refractivity contribution in [1.82, 2.24) is 14.7 Å². The molecule has 2 saturated heterocycles. The topological polar surface area (TPSA) is 56.6 Å². The van der Waals surface area contributed by atoms with Gasteiger partial charge in [0.2, 0.25) is 0 Å². The summed E-state index contributed by atoms with van der Waals surface area (Å²) >= 11 is 0. The minimum absolute atomic E-state index is 0.0829. The number of aromatic nitrogens is 2. The largest absolute Gasteiger partial charge is 0.378 e. The Hall–Kier alpha value is -2.18. The highest BCUT2D eigenvalue weighted by Crippen LogP contribution is 2.37. The number of hydrogen-bond acceptors (Lipinski definition) is 4. The molecule has 2 aliphatic rings. The number of likely N-dealkylation sites (tertiary alicyclic amines) is 1. The van der Waals surface area contributed by atoms with E-state index in [0.717, 1.165) is 49.4 Å². The first-order valence-electron chi connectivity index (χ1n) is 10.1. The van der Waals surface area contributed by atoms with Crippen LogP contribution in [0, 0.1) is 13.8 Å². The molecule has 4 rings (SSSR count). The summed E-state index contributed by atoms with van der Waals surface area (Å²) in [5.41, 5.74) is 3.54. The van der Waals surface area contributed by atoms with Gasteiger partial charge in [-0.2, -0.15) is 5.10 Å². The lowest BCUT2D eigenvalue weighted by molar-refractivity contribution is -0.183. The summed E-state index contributed by atoms with van der Waals surface area (Å²) in [7, 11) is 1.77. The fourth-order valence-corrected chi connectivity index (χ4v) is 4.61. The van der Waals surface area contributed by atoms with Crippen molar-refractivity contribution in [2.45, 2.75) is 51.2 Å². The summed E-state index contributed by atoms with van der Waals surface area (Å²) in [5, 5.41) is 4.50. The first-order valence-corrected chi connectivity index (χ1v) is 10.1. The Kier molecular flexibility index (Phi) is 5.25. The van der Waals surface area contributed by atoms with Crippen LogP contribution in [0.2, 0.25) is 0 Å². The van der Waals surface area contributed by atoms with Crippen LogP contribution in [0.1, 0.15) is 47.4 Å². The number of amides is 1. The molecule has 6 nitrogen and oxygen atoms in total. The summed E-state index contributed by atoms with van der Waals surface area (Å²) < 4.78 is 13.7. The molecule has 0 aliphatic carbocycles. The van der Waals surface area contributed by atoms with Crippen molar-refractivity contribution in [2.24, 2.45) is 0 Å². The van der Waals surface area contributed by atoms with Crippen molar-refractivity contribution >= 4 is 5.91 Å². The number of hydrogen-bond donors (Lipinski definition) is 0. The maximum atomic E-state index is 13.0. The summed E-state index contributed by atoms with van der Waals surface area (Å²) in [5.74, 6) is 0.0829. The van der Waals surface area contributed by atoms with E-state index >= 15 is 0 Å². The molecule has 6 heteroatoms. The van der Waals surface area contributed by atoms with Crippen molar-refractivity contribution < 1.29 is 14.3 Å². The van der Waals surface area contributed by atoms with Crippen LogP contribution in [0.15, 0.2) is 30.3 Å². The van der Waals surface area contributed by atoms with Crippen LogP contribution in [0.25, 0.3) is 5.69 Å². The zero-order chi connectivity index (χ0) is 19.7. The molecule has 1 amide bonds. The lowest BCUT2D eigenvalue weighted by Gasteiger charge is -2.48. The van der Waals surface area contributed by atoms with Crippen molar-refractivity contribution in [2.75, 3.05) is 26.8 Å². The molecule has 2 aromatic rings. The second-order valence-corrected chi connectivity index (χ2v) is 7.96. The van der Waals surface area contributed by atoms with Crippen LogP contribution in [0.4, 0.5) is 0 Å². The Balaban J connectivity index is 1.43. The zero-order valence-corrected chi connectivity index (χ0v) is 17.0. The molecular weight excluding hydrogens is 354 g/mol. The molecule has 0 radical (unpaired) electrons. The van der Waals surface area contributed by atoms with Crippen LogP contribution in [0.3, 0.4) is 0 Å². The molecule has 1 spiro atoms. The second kappa shape index (κ2) is 7.68. The number of methoxy groups -OCH3 is 1. The lowest BCUT2D eigenvalue weighted by atomic mass is 9.81. The van der Waals surface area contributed by atoms with E-state index in [9.17, 15) is 4.79 Å². The molecule has 0 bridgehead atoms. The van der Waals surface area contributed by atoms with Crippen LogP contribution in [-0.2, 0) is 9.47 Å². The number of piperidine rings is 1. The molecule has 150 valence electrons. The number of rotatable bonds is 3. The van der Waals surface area contributed by atoms with Crippen molar-refractivity contribution in [1.29, 1.82) is 0 Å². The molecule has 2 fully saturated rings. The van der Waals surface area contributed by atoms with Crippen molar-refractivity contribution in [3.8, 4) is 5.69 Å². The Morgan fingerprint density at radius 1 is 1.21 bits per heavy atom. The Labute approximate surface area is 166 Å². The average Bonchev–Trinajstić information content (AvgIpc) is 3.06. The van der Waals surface area contributed by atoms with E-state index in [4.69, 9.17) is 9.47 Å². The van der Waals surface area contributed by atoms with Gasteiger partial charge in [0.15, 0.2) is 0 Å². The fraction of sp³-hybridized carbons (Fsp3) is 0.545. The van der Waals surface area contributed by atoms with E-state index in [0.29, 0.717) is 18.7 Å². The number of carbonyl (C=O) groups excluding carboxylic acids is 1. The Bertz CT molecular complexity index is 835. The number of nitrogens with zero attached hydrogens (tertiary/aromatic N) is 3. The standard InChI is InChI=1S/C22H29N3O3/c1-16-15-17(2)25(23-16)19-8-6-18(7-9-19)21(26)24-12-10-22(11-13-24)20(27-3)5-4-14-28-22/h6-9,15,20H,4-5,10-14H2,1-3H3/t20-/m1/s1. The SMILES string of the molecule is CO[C@@H]1CCCOC12CCN(C(=O)c1ccc(-n3nc(C)cc3C)cc1)CC2. The van der Waals surface area contributed by atoms with Gasteiger partial charge in [0, 0.05) is 38.1 Å². The van der Waals surface area contributed by atoms with Gasteiger partial charge in [-0.05, 0) is 69.9 Å². The van der Waals surface area contributed by atoms with Gasteiger partial charge in [-0.1, -0.05) is 0 Å². The minimum Gasteiger partial charge on any atom is -0.378 e. The lowest BCUT2D eigenvalue weighted by Crippen LogP contribution is -2.56. The van der Waals surface area contributed by atoms with Gasteiger partial charge in [-0.3, -0.25) is 4.79 Å². The summed E-state index contributed by atoms with van der Waals surface area (Å²) in [6, 6.07) is 9.76. The van der Waals surface area contributed by atoms with Crippen molar-refractivity contribution in [3.63, 3.8) is 0 Å². The van der Waals surface area contributed by atoms with Gasteiger partial charge < -0.3 is 14.4 Å². The van der Waals surface area contributed by atoms with E-state index < -0.39 is 0 Å². The molecular formula is C22H29N3O3. The van der Waals surface area contributed by atoms with E-state index in [2.05, 4.69) is 5.10 Å². The first-order chi connectivity index (χ1) is 13.5. The molecule has 1 aromatic heterocycles. The van der Waals surface area contributed by atoms with Gasteiger partial charge in [-0.15, -0.1) is 0 Å². The highest BCUT2D eigenvalue weighted by atomic mass is 16.5. The normalized spacial score (nSPS) is 21.8. The minimum atomic E-state index is -0.219. The molecule has 0 N–H and O–H groups in total. The third kappa shape index (κ3) is 3.47. The quantitative estimate of drug-likeness (QED) is 0.816. The average molecular weight is 383 g/mol. The maximum Gasteiger partial charge on any atom is 0.253 e. The van der Waals surface area contributed by atoms with Crippen LogP contribution in [0.5, 0.6) is 0 Å². The maximum absolute atomic E-state index is 13.0. The van der Waals surface area contributed by atoms with Gasteiger partial charge in [0.25, 0.3) is 5.91 Å². The predicted octanol–water partition coefficient (Wildman–Crippen LogP) is 3.29.